The van der Waals surface area contributed by atoms with Crippen LogP contribution in [0, 0.1) is 0 Å². The van der Waals surface area contributed by atoms with E-state index in [9.17, 15) is 13.2 Å². The van der Waals surface area contributed by atoms with Crippen molar-refractivity contribution in [3.05, 3.63) is 0 Å². The van der Waals surface area contributed by atoms with E-state index < -0.39 is 18.6 Å². The summed E-state index contributed by atoms with van der Waals surface area (Å²) in [6.07, 6.45) is -2.79. The fourth-order valence-corrected chi connectivity index (χ4v) is 2.78. The summed E-state index contributed by atoms with van der Waals surface area (Å²) in [7, 11) is 0. The zero-order chi connectivity index (χ0) is 10.6. The third kappa shape index (κ3) is 5.10. The van der Waals surface area contributed by atoms with Crippen LogP contribution in [0.5, 0.6) is 0 Å². The average Bonchev–Trinajstić information content (AvgIpc) is 2.02. The lowest BCUT2D eigenvalue weighted by Crippen LogP contribution is -2.40. The van der Waals surface area contributed by atoms with Crippen LogP contribution in [0.15, 0.2) is 0 Å². The highest BCUT2D eigenvalue weighted by Crippen LogP contribution is 2.23. The maximum atomic E-state index is 12.0. The van der Waals surface area contributed by atoms with Crippen molar-refractivity contribution >= 4 is 11.8 Å². The van der Waals surface area contributed by atoms with Gasteiger partial charge in [0.05, 0.1) is 6.42 Å². The molecule has 1 fully saturated rings. The highest BCUT2D eigenvalue weighted by molar-refractivity contribution is 7.99. The second-order valence-corrected chi connectivity index (χ2v) is 5.00. The molecule has 0 aromatic rings. The minimum absolute atomic E-state index is 0.286. The number of rotatable bonds is 3. The molecule has 1 unspecified atom stereocenters. The van der Waals surface area contributed by atoms with E-state index in [4.69, 9.17) is 0 Å². The highest BCUT2D eigenvalue weighted by Gasteiger charge is 2.30. The van der Waals surface area contributed by atoms with Crippen molar-refractivity contribution in [2.24, 2.45) is 0 Å². The lowest BCUT2D eigenvalue weighted by atomic mass is 10.1. The van der Waals surface area contributed by atoms with E-state index in [-0.39, 0.29) is 6.04 Å². The molecule has 1 N–H and O–H groups in total. The summed E-state index contributed by atoms with van der Waals surface area (Å²) in [6, 6.07) is -0.170. The monoisotopic (exact) mass is 227 g/mol. The second kappa shape index (κ2) is 5.26. The van der Waals surface area contributed by atoms with E-state index >= 15 is 0 Å². The lowest BCUT2D eigenvalue weighted by molar-refractivity contribution is -0.139. The number of thioether (sulfide) groups is 1. The summed E-state index contributed by atoms with van der Waals surface area (Å²) < 4.78 is 36.0. The molecule has 0 bridgehead atoms. The zero-order valence-electron chi connectivity index (χ0n) is 8.23. The van der Waals surface area contributed by atoms with Gasteiger partial charge >= 0.3 is 6.18 Å². The number of alkyl halides is 3. The average molecular weight is 227 g/mol. The molecule has 1 aliphatic rings. The Bertz CT molecular complexity index is 166. The Morgan fingerprint density at radius 3 is 2.43 bits per heavy atom. The Labute approximate surface area is 86.8 Å². The van der Waals surface area contributed by atoms with E-state index in [1.54, 1.807) is 6.92 Å². The van der Waals surface area contributed by atoms with Gasteiger partial charge in [-0.2, -0.15) is 24.9 Å². The Kier molecular flexibility index (Phi) is 4.57. The van der Waals surface area contributed by atoms with E-state index in [1.807, 2.05) is 11.8 Å². The quantitative estimate of drug-likeness (QED) is 0.795. The van der Waals surface area contributed by atoms with Gasteiger partial charge in [0.1, 0.15) is 0 Å². The minimum atomic E-state index is -4.05. The molecule has 0 aliphatic carbocycles. The molecular weight excluding hydrogens is 211 g/mol. The van der Waals surface area contributed by atoms with E-state index in [0.29, 0.717) is 0 Å². The first-order chi connectivity index (χ1) is 6.47. The molecule has 0 amide bonds. The minimum Gasteiger partial charge on any atom is -0.311 e. The zero-order valence-corrected chi connectivity index (χ0v) is 9.05. The van der Waals surface area contributed by atoms with Gasteiger partial charge in [-0.15, -0.1) is 0 Å². The van der Waals surface area contributed by atoms with Gasteiger partial charge in [-0.1, -0.05) is 0 Å². The fourth-order valence-electron chi connectivity index (χ4n) is 1.67. The van der Waals surface area contributed by atoms with Crippen molar-refractivity contribution in [1.82, 2.24) is 5.32 Å². The standard InChI is InChI=1S/C9H16F3NS/c1-7(6-9(10,11)12)13-8-2-4-14-5-3-8/h7-8,13H,2-6H2,1H3. The first-order valence-corrected chi connectivity index (χ1v) is 6.03. The molecule has 84 valence electrons. The Balaban J connectivity index is 2.21. The molecule has 1 atom stereocenters. The topological polar surface area (TPSA) is 12.0 Å². The van der Waals surface area contributed by atoms with Gasteiger partial charge in [0, 0.05) is 12.1 Å². The van der Waals surface area contributed by atoms with E-state index in [1.165, 1.54) is 0 Å². The predicted octanol–water partition coefficient (Wildman–Crippen LogP) is 2.81. The maximum absolute atomic E-state index is 12.0. The number of hydrogen-bond acceptors (Lipinski definition) is 2. The predicted molar refractivity (Wildman–Crippen MR) is 53.6 cm³/mol. The highest BCUT2D eigenvalue weighted by atomic mass is 32.2. The molecule has 5 heteroatoms. The van der Waals surface area contributed by atoms with Gasteiger partial charge in [0.25, 0.3) is 0 Å². The second-order valence-electron chi connectivity index (χ2n) is 3.77. The van der Waals surface area contributed by atoms with Crippen LogP contribution in [-0.2, 0) is 0 Å². The molecular formula is C9H16F3NS. The van der Waals surface area contributed by atoms with Crippen LogP contribution in [0.25, 0.3) is 0 Å². The Morgan fingerprint density at radius 2 is 1.93 bits per heavy atom. The summed E-state index contributed by atoms with van der Waals surface area (Å²) in [4.78, 5) is 0. The summed E-state index contributed by atoms with van der Waals surface area (Å²) in [6.45, 7) is 1.61. The Morgan fingerprint density at radius 1 is 1.36 bits per heavy atom. The fraction of sp³-hybridized carbons (Fsp3) is 1.00. The smallest absolute Gasteiger partial charge is 0.311 e. The number of halogens is 3. The molecule has 0 saturated carbocycles. The third-order valence-corrected chi connectivity index (χ3v) is 3.33. The molecule has 0 radical (unpaired) electrons. The van der Waals surface area contributed by atoms with Gasteiger partial charge in [-0.25, -0.2) is 0 Å². The van der Waals surface area contributed by atoms with Gasteiger partial charge < -0.3 is 5.32 Å². The number of nitrogens with one attached hydrogen (secondary N) is 1. The van der Waals surface area contributed by atoms with Gasteiger partial charge in [0.15, 0.2) is 0 Å². The van der Waals surface area contributed by atoms with Crippen LogP contribution in [-0.4, -0.2) is 29.8 Å². The summed E-state index contributed by atoms with van der Waals surface area (Å²) in [5.74, 6) is 2.13. The summed E-state index contributed by atoms with van der Waals surface area (Å²) in [5, 5.41) is 3.04. The van der Waals surface area contributed by atoms with Crippen molar-refractivity contribution in [2.45, 2.75) is 44.4 Å². The van der Waals surface area contributed by atoms with Crippen LogP contribution < -0.4 is 5.32 Å². The van der Waals surface area contributed by atoms with Crippen LogP contribution in [0.4, 0.5) is 13.2 Å². The molecule has 1 rings (SSSR count). The molecule has 0 aromatic carbocycles. The van der Waals surface area contributed by atoms with Crippen molar-refractivity contribution in [2.75, 3.05) is 11.5 Å². The van der Waals surface area contributed by atoms with Crippen LogP contribution in [0.1, 0.15) is 26.2 Å². The summed E-state index contributed by atoms with van der Waals surface area (Å²) in [5.41, 5.74) is 0. The largest absolute Gasteiger partial charge is 0.390 e. The van der Waals surface area contributed by atoms with Crippen molar-refractivity contribution in [3.63, 3.8) is 0 Å². The van der Waals surface area contributed by atoms with Crippen molar-refractivity contribution in [1.29, 1.82) is 0 Å². The maximum Gasteiger partial charge on any atom is 0.390 e. The first-order valence-electron chi connectivity index (χ1n) is 4.88. The van der Waals surface area contributed by atoms with Crippen LogP contribution in [0.3, 0.4) is 0 Å². The molecule has 1 heterocycles. The van der Waals surface area contributed by atoms with E-state index in [2.05, 4.69) is 5.32 Å². The number of hydrogen-bond donors (Lipinski definition) is 1. The third-order valence-electron chi connectivity index (χ3n) is 2.28. The van der Waals surface area contributed by atoms with Gasteiger partial charge in [-0.3, -0.25) is 0 Å². The van der Waals surface area contributed by atoms with Crippen LogP contribution >= 0.6 is 11.8 Å². The van der Waals surface area contributed by atoms with Gasteiger partial charge in [0.2, 0.25) is 0 Å². The first kappa shape index (κ1) is 12.2. The van der Waals surface area contributed by atoms with Crippen molar-refractivity contribution in [3.8, 4) is 0 Å². The molecule has 14 heavy (non-hydrogen) atoms. The molecule has 1 saturated heterocycles. The molecule has 0 spiro atoms. The SMILES string of the molecule is CC(CC(F)(F)F)NC1CCSCC1. The lowest BCUT2D eigenvalue weighted by Gasteiger charge is -2.26. The molecule has 0 aromatic heterocycles. The summed E-state index contributed by atoms with van der Waals surface area (Å²) >= 11 is 1.88. The van der Waals surface area contributed by atoms with Gasteiger partial charge in [-0.05, 0) is 31.3 Å². The van der Waals surface area contributed by atoms with Crippen LogP contribution in [0.2, 0.25) is 0 Å². The molecule has 1 nitrogen and oxygen atoms in total. The normalized spacial score (nSPS) is 22.3. The Hall–Kier alpha value is 0.100. The van der Waals surface area contributed by atoms with Crippen molar-refractivity contribution < 1.29 is 13.2 Å². The molecule has 1 aliphatic heterocycles. The van der Waals surface area contributed by atoms with E-state index in [0.717, 1.165) is 24.3 Å².